The first-order valence-corrected chi connectivity index (χ1v) is 7.34. The Morgan fingerprint density at radius 1 is 1.26 bits per heavy atom. The summed E-state index contributed by atoms with van der Waals surface area (Å²) in [5, 5.41) is 2.82. The zero-order chi connectivity index (χ0) is 13.9. The molecule has 0 spiro atoms. The minimum atomic E-state index is -0.0186. The van der Waals surface area contributed by atoms with Gasteiger partial charge in [0.1, 0.15) is 5.75 Å². The van der Waals surface area contributed by atoms with E-state index in [0.29, 0.717) is 18.8 Å². The van der Waals surface area contributed by atoms with Crippen molar-refractivity contribution in [3.05, 3.63) is 29.8 Å². The Labute approximate surface area is 120 Å². The topological polar surface area (TPSA) is 38.3 Å². The number of alkyl halides is 1. The van der Waals surface area contributed by atoms with Gasteiger partial charge in [-0.2, -0.15) is 0 Å². The van der Waals surface area contributed by atoms with E-state index >= 15 is 0 Å². The third kappa shape index (κ3) is 7.06. The second-order valence-electron chi connectivity index (χ2n) is 4.42. The Bertz CT molecular complexity index is 365. The molecule has 106 valence electrons. The van der Waals surface area contributed by atoms with Gasteiger partial charge < -0.3 is 10.1 Å². The fourth-order valence-corrected chi connectivity index (χ4v) is 1.79. The molecule has 0 bridgehead atoms. The summed E-state index contributed by atoms with van der Waals surface area (Å²) in [5.41, 5.74) is 1.06. The molecule has 3 nitrogen and oxygen atoms in total. The highest BCUT2D eigenvalue weighted by atomic mass is 35.5. The summed E-state index contributed by atoms with van der Waals surface area (Å²) in [6, 6.07) is 7.82. The van der Waals surface area contributed by atoms with Gasteiger partial charge >= 0.3 is 0 Å². The van der Waals surface area contributed by atoms with E-state index in [1.54, 1.807) is 0 Å². The lowest BCUT2D eigenvalue weighted by Gasteiger charge is -2.07. The Balaban J connectivity index is 2.29. The van der Waals surface area contributed by atoms with E-state index in [1.165, 1.54) is 12.8 Å². The number of nitrogens with one attached hydrogen (secondary N) is 1. The van der Waals surface area contributed by atoms with Crippen LogP contribution in [0.4, 0.5) is 0 Å². The average Bonchev–Trinajstić information content (AvgIpc) is 2.43. The highest BCUT2D eigenvalue weighted by Crippen LogP contribution is 2.12. The van der Waals surface area contributed by atoms with Crippen LogP contribution in [0, 0.1) is 0 Å². The quantitative estimate of drug-likeness (QED) is 0.556. The molecule has 1 aromatic rings. The second kappa shape index (κ2) is 9.68. The number of hydrogen-bond acceptors (Lipinski definition) is 2. The zero-order valence-electron chi connectivity index (χ0n) is 11.5. The van der Waals surface area contributed by atoms with Crippen molar-refractivity contribution >= 4 is 17.5 Å². The van der Waals surface area contributed by atoms with E-state index < -0.39 is 0 Å². The van der Waals surface area contributed by atoms with E-state index in [2.05, 4.69) is 12.2 Å². The van der Waals surface area contributed by atoms with Gasteiger partial charge in [-0.3, -0.25) is 4.79 Å². The Kier molecular flexibility index (Phi) is 8.07. The van der Waals surface area contributed by atoms with Crippen molar-refractivity contribution in [3.63, 3.8) is 0 Å². The molecular formula is C15H22ClNO2. The molecule has 0 fully saturated rings. The van der Waals surface area contributed by atoms with Crippen LogP contribution in [0.3, 0.4) is 0 Å². The fraction of sp³-hybridized carbons (Fsp3) is 0.533. The first kappa shape index (κ1) is 15.8. The molecule has 0 atom stereocenters. The molecule has 0 aliphatic rings. The van der Waals surface area contributed by atoms with Crippen molar-refractivity contribution < 1.29 is 9.53 Å². The van der Waals surface area contributed by atoms with Crippen molar-refractivity contribution in [3.8, 4) is 5.75 Å². The van der Waals surface area contributed by atoms with E-state index in [-0.39, 0.29) is 5.91 Å². The molecule has 0 radical (unpaired) electrons. The van der Waals surface area contributed by atoms with Gasteiger partial charge in [0.25, 0.3) is 0 Å². The van der Waals surface area contributed by atoms with Gasteiger partial charge in [-0.1, -0.05) is 31.9 Å². The first-order chi connectivity index (χ1) is 9.26. The number of ether oxygens (including phenoxy) is 1. The molecule has 1 aromatic carbocycles. The minimum absolute atomic E-state index is 0.0186. The predicted octanol–water partition coefficient (Wildman–Crippen LogP) is 3.50. The van der Waals surface area contributed by atoms with Crippen LogP contribution in [0.1, 0.15) is 38.2 Å². The summed E-state index contributed by atoms with van der Waals surface area (Å²) in [7, 11) is 0. The molecule has 0 aromatic heterocycles. The van der Waals surface area contributed by atoms with Crippen LogP contribution < -0.4 is 10.1 Å². The molecule has 1 amide bonds. The molecule has 0 saturated carbocycles. The van der Waals surface area contributed by atoms with Gasteiger partial charge in [0.15, 0.2) is 0 Å². The van der Waals surface area contributed by atoms with Crippen molar-refractivity contribution in [1.29, 1.82) is 0 Å². The van der Waals surface area contributed by atoms with Crippen molar-refractivity contribution in [2.24, 2.45) is 0 Å². The highest BCUT2D eigenvalue weighted by molar-refractivity contribution is 6.18. The number of halogens is 1. The normalized spacial score (nSPS) is 10.2. The second-order valence-corrected chi connectivity index (χ2v) is 4.79. The number of carbonyl (C=O) groups excluding carboxylic acids is 1. The van der Waals surface area contributed by atoms with Crippen molar-refractivity contribution in [1.82, 2.24) is 5.32 Å². The number of rotatable bonds is 9. The molecule has 19 heavy (non-hydrogen) atoms. The van der Waals surface area contributed by atoms with Gasteiger partial charge in [-0.05, 0) is 24.1 Å². The summed E-state index contributed by atoms with van der Waals surface area (Å²) in [5.74, 6) is 1.22. The molecular weight excluding hydrogens is 262 g/mol. The lowest BCUT2D eigenvalue weighted by Crippen LogP contribution is -2.22. The SMILES string of the molecule is CCCCCOc1ccc(CNC(=O)CCCl)cc1. The van der Waals surface area contributed by atoms with E-state index in [1.807, 2.05) is 24.3 Å². The summed E-state index contributed by atoms with van der Waals surface area (Å²) < 4.78 is 5.62. The van der Waals surface area contributed by atoms with Crippen LogP contribution in [0.5, 0.6) is 5.75 Å². The van der Waals surface area contributed by atoms with Crippen LogP contribution in [-0.2, 0) is 11.3 Å². The third-order valence-corrected chi connectivity index (χ3v) is 2.94. The van der Waals surface area contributed by atoms with E-state index in [0.717, 1.165) is 24.3 Å². The standard InChI is InChI=1S/C15H22ClNO2/c1-2-3-4-11-19-14-7-5-13(6-8-14)12-17-15(18)9-10-16/h5-8H,2-4,9-12H2,1H3,(H,17,18). The van der Waals surface area contributed by atoms with Crippen LogP contribution in [0.2, 0.25) is 0 Å². The molecule has 1 N–H and O–H groups in total. The monoisotopic (exact) mass is 283 g/mol. The van der Waals surface area contributed by atoms with E-state index in [4.69, 9.17) is 16.3 Å². The van der Waals surface area contributed by atoms with Crippen LogP contribution in [-0.4, -0.2) is 18.4 Å². The maximum Gasteiger partial charge on any atom is 0.221 e. The molecule has 0 heterocycles. The number of benzene rings is 1. The summed E-state index contributed by atoms with van der Waals surface area (Å²) in [4.78, 5) is 11.3. The number of amides is 1. The molecule has 0 aliphatic heterocycles. The average molecular weight is 284 g/mol. The van der Waals surface area contributed by atoms with Gasteiger partial charge in [0.05, 0.1) is 6.61 Å². The fourth-order valence-electron chi connectivity index (χ4n) is 1.62. The van der Waals surface area contributed by atoms with Crippen molar-refractivity contribution in [2.75, 3.05) is 12.5 Å². The van der Waals surface area contributed by atoms with Gasteiger partial charge in [-0.15, -0.1) is 11.6 Å². The largest absolute Gasteiger partial charge is 0.494 e. The molecule has 0 saturated heterocycles. The Morgan fingerprint density at radius 3 is 2.63 bits per heavy atom. The van der Waals surface area contributed by atoms with Gasteiger partial charge in [-0.25, -0.2) is 0 Å². The smallest absolute Gasteiger partial charge is 0.221 e. The summed E-state index contributed by atoms with van der Waals surface area (Å²) in [6.45, 7) is 3.47. The molecule has 4 heteroatoms. The lowest BCUT2D eigenvalue weighted by molar-refractivity contribution is -0.120. The van der Waals surface area contributed by atoms with Gasteiger partial charge in [0.2, 0.25) is 5.91 Å². The summed E-state index contributed by atoms with van der Waals surface area (Å²) >= 11 is 5.49. The first-order valence-electron chi connectivity index (χ1n) is 6.80. The van der Waals surface area contributed by atoms with Crippen LogP contribution in [0.25, 0.3) is 0 Å². The lowest BCUT2D eigenvalue weighted by atomic mass is 10.2. The van der Waals surface area contributed by atoms with Crippen LogP contribution in [0.15, 0.2) is 24.3 Å². The Hall–Kier alpha value is -1.22. The number of carbonyl (C=O) groups is 1. The number of unbranched alkanes of at least 4 members (excludes halogenated alkanes) is 2. The maximum absolute atomic E-state index is 11.3. The summed E-state index contributed by atoms with van der Waals surface area (Å²) in [6.07, 6.45) is 3.85. The highest BCUT2D eigenvalue weighted by Gasteiger charge is 2.00. The van der Waals surface area contributed by atoms with E-state index in [9.17, 15) is 4.79 Å². The Morgan fingerprint density at radius 2 is 2.00 bits per heavy atom. The van der Waals surface area contributed by atoms with Gasteiger partial charge in [0, 0.05) is 18.8 Å². The van der Waals surface area contributed by atoms with Crippen molar-refractivity contribution in [2.45, 2.75) is 39.2 Å². The zero-order valence-corrected chi connectivity index (χ0v) is 12.2. The predicted molar refractivity (Wildman–Crippen MR) is 78.6 cm³/mol. The number of hydrogen-bond donors (Lipinski definition) is 1. The third-order valence-electron chi connectivity index (χ3n) is 2.75. The minimum Gasteiger partial charge on any atom is -0.494 e. The maximum atomic E-state index is 11.3. The molecule has 1 rings (SSSR count). The molecule has 0 unspecified atom stereocenters. The van der Waals surface area contributed by atoms with Crippen LogP contribution >= 0.6 is 11.6 Å². The molecule has 0 aliphatic carbocycles.